The molecule has 0 bridgehead atoms. The molecule has 76 valence electrons. The topological polar surface area (TPSA) is 76.7 Å². The second kappa shape index (κ2) is 4.28. The quantitative estimate of drug-likeness (QED) is 0.766. The molecule has 3 N–H and O–H groups in total. The highest BCUT2D eigenvalue weighted by atomic mass is 32.1. The van der Waals surface area contributed by atoms with Crippen molar-refractivity contribution in [2.24, 2.45) is 5.73 Å². The Kier molecular flexibility index (Phi) is 2.84. The van der Waals surface area contributed by atoms with Crippen LogP contribution in [-0.2, 0) is 0 Å². The molecule has 0 aliphatic carbocycles. The van der Waals surface area contributed by atoms with Crippen LogP contribution in [0.5, 0.6) is 0 Å². The molecule has 0 saturated carbocycles. The van der Waals surface area contributed by atoms with E-state index in [1.54, 1.807) is 12.4 Å². The van der Waals surface area contributed by atoms with Gasteiger partial charge in [-0.2, -0.15) is 0 Å². The summed E-state index contributed by atoms with van der Waals surface area (Å²) in [4.78, 5) is 4.00. The summed E-state index contributed by atoms with van der Waals surface area (Å²) in [7, 11) is 0. The van der Waals surface area contributed by atoms with Gasteiger partial charge in [-0.3, -0.25) is 4.98 Å². The lowest BCUT2D eigenvalue weighted by atomic mass is 10.3. The minimum atomic E-state index is 0.184. The van der Waals surface area contributed by atoms with Gasteiger partial charge in [0.05, 0.1) is 0 Å². The summed E-state index contributed by atoms with van der Waals surface area (Å²) in [6.45, 7) is 0. The lowest BCUT2D eigenvalue weighted by molar-refractivity contribution is 1.10. The van der Waals surface area contributed by atoms with Crippen LogP contribution < -0.4 is 11.1 Å². The molecule has 5 nitrogen and oxygen atoms in total. The summed E-state index contributed by atoms with van der Waals surface area (Å²) in [5.74, 6) is 0. The fourth-order valence-electron chi connectivity index (χ4n) is 0.985. The lowest BCUT2D eigenvalue weighted by Crippen LogP contribution is -2.18. The highest BCUT2D eigenvalue weighted by molar-refractivity contribution is 7.80. The van der Waals surface area contributed by atoms with Gasteiger partial charge in [-0.25, -0.2) is 0 Å². The fraction of sp³-hybridized carbons (Fsp3) is 0. The van der Waals surface area contributed by atoms with E-state index in [0.717, 1.165) is 10.6 Å². The summed E-state index contributed by atoms with van der Waals surface area (Å²) in [6.07, 6.45) is 3.43. The predicted octanol–water partition coefficient (Wildman–Crippen LogP) is 1.26. The number of hydrogen-bond acceptors (Lipinski definition) is 5. The van der Waals surface area contributed by atoms with Crippen molar-refractivity contribution in [2.45, 2.75) is 0 Å². The van der Waals surface area contributed by atoms with E-state index >= 15 is 0 Å². The van der Waals surface area contributed by atoms with E-state index in [1.165, 1.54) is 11.3 Å². The number of hydrogen-bond donors (Lipinski definition) is 2. The molecule has 0 spiro atoms. The molecule has 15 heavy (non-hydrogen) atoms. The average molecular weight is 237 g/mol. The first-order valence-corrected chi connectivity index (χ1v) is 5.28. The van der Waals surface area contributed by atoms with Crippen molar-refractivity contribution in [3.8, 4) is 10.6 Å². The van der Waals surface area contributed by atoms with Crippen LogP contribution in [0.2, 0.25) is 0 Å². The molecular formula is C8H7N5S2. The molecule has 2 rings (SSSR count). The Bertz CT molecular complexity index is 467. The number of nitrogens with two attached hydrogens (primary N) is 1. The smallest absolute Gasteiger partial charge is 0.212 e. The minimum absolute atomic E-state index is 0.184. The summed E-state index contributed by atoms with van der Waals surface area (Å²) in [5.41, 5.74) is 6.24. The van der Waals surface area contributed by atoms with Crippen LogP contribution in [0.4, 0.5) is 5.13 Å². The second-order valence-electron chi connectivity index (χ2n) is 2.64. The Hall–Kier alpha value is -1.60. The van der Waals surface area contributed by atoms with Gasteiger partial charge in [0.2, 0.25) is 5.13 Å². The maximum absolute atomic E-state index is 5.32. The first-order valence-electron chi connectivity index (χ1n) is 4.06. The molecule has 2 heterocycles. The van der Waals surface area contributed by atoms with E-state index in [1.807, 2.05) is 12.1 Å². The zero-order chi connectivity index (χ0) is 10.7. The number of anilines is 1. The molecule has 0 saturated heterocycles. The number of pyridine rings is 1. The number of nitrogens with zero attached hydrogens (tertiary/aromatic N) is 3. The molecule has 0 aromatic carbocycles. The third kappa shape index (κ3) is 2.45. The number of rotatable bonds is 2. The average Bonchev–Trinajstić information content (AvgIpc) is 2.67. The number of aromatic nitrogens is 3. The summed E-state index contributed by atoms with van der Waals surface area (Å²) in [6, 6.07) is 3.76. The Morgan fingerprint density at radius 3 is 3.00 bits per heavy atom. The van der Waals surface area contributed by atoms with Gasteiger partial charge in [0.1, 0.15) is 0 Å². The zero-order valence-electron chi connectivity index (χ0n) is 7.54. The molecule has 7 heteroatoms. The molecule has 2 aromatic heterocycles. The van der Waals surface area contributed by atoms with Crippen molar-refractivity contribution < 1.29 is 0 Å². The summed E-state index contributed by atoms with van der Waals surface area (Å²) < 4.78 is 0. The van der Waals surface area contributed by atoms with Crippen LogP contribution in [-0.4, -0.2) is 20.3 Å². The van der Waals surface area contributed by atoms with Gasteiger partial charge in [-0.1, -0.05) is 11.3 Å². The normalized spacial score (nSPS) is 9.87. The van der Waals surface area contributed by atoms with Crippen LogP contribution in [0.3, 0.4) is 0 Å². The Balaban J connectivity index is 2.24. The molecule has 0 fully saturated rings. The SMILES string of the molecule is NC(=S)Nc1nnc(-c2cccnc2)s1. The number of thiocarbonyl (C=S) groups is 1. The van der Waals surface area contributed by atoms with Crippen molar-refractivity contribution in [1.29, 1.82) is 0 Å². The first kappa shape index (κ1) is 9.94. The van der Waals surface area contributed by atoms with E-state index < -0.39 is 0 Å². The molecule has 0 unspecified atom stereocenters. The van der Waals surface area contributed by atoms with Crippen molar-refractivity contribution in [3.05, 3.63) is 24.5 Å². The fourth-order valence-corrected chi connectivity index (χ4v) is 1.89. The number of nitrogens with one attached hydrogen (secondary N) is 1. The summed E-state index contributed by atoms with van der Waals surface area (Å²) in [5, 5.41) is 12.2. The van der Waals surface area contributed by atoms with Crippen molar-refractivity contribution in [2.75, 3.05) is 5.32 Å². The van der Waals surface area contributed by atoms with E-state index in [0.29, 0.717) is 5.13 Å². The third-order valence-corrected chi connectivity index (χ3v) is 2.55. The Morgan fingerprint density at radius 1 is 1.47 bits per heavy atom. The molecular weight excluding hydrogens is 230 g/mol. The largest absolute Gasteiger partial charge is 0.376 e. The Morgan fingerprint density at radius 2 is 2.33 bits per heavy atom. The van der Waals surface area contributed by atoms with Crippen LogP contribution in [0.1, 0.15) is 0 Å². The Labute approximate surface area is 95.4 Å². The van der Waals surface area contributed by atoms with Crippen LogP contribution in [0.25, 0.3) is 10.6 Å². The molecule has 0 aliphatic heterocycles. The third-order valence-electron chi connectivity index (χ3n) is 1.56. The van der Waals surface area contributed by atoms with Gasteiger partial charge in [0, 0.05) is 18.0 Å². The van der Waals surface area contributed by atoms with Crippen molar-refractivity contribution in [3.63, 3.8) is 0 Å². The van der Waals surface area contributed by atoms with Crippen molar-refractivity contribution in [1.82, 2.24) is 15.2 Å². The van der Waals surface area contributed by atoms with Crippen LogP contribution >= 0.6 is 23.6 Å². The molecule has 0 radical (unpaired) electrons. The van der Waals surface area contributed by atoms with Gasteiger partial charge >= 0.3 is 0 Å². The standard InChI is InChI=1S/C8H7N5S2/c9-7(14)11-8-13-12-6(15-8)5-2-1-3-10-4-5/h1-4H,(H3,9,11,13,14). The van der Waals surface area contributed by atoms with Crippen LogP contribution in [0, 0.1) is 0 Å². The maximum Gasteiger partial charge on any atom is 0.212 e. The molecule has 0 atom stereocenters. The summed E-state index contributed by atoms with van der Waals surface area (Å²) >= 11 is 6.07. The molecule has 0 amide bonds. The highest BCUT2D eigenvalue weighted by Gasteiger charge is 2.06. The van der Waals surface area contributed by atoms with Crippen molar-refractivity contribution >= 4 is 33.8 Å². The van der Waals surface area contributed by atoms with Gasteiger partial charge < -0.3 is 11.1 Å². The monoisotopic (exact) mass is 237 g/mol. The van der Waals surface area contributed by atoms with E-state index in [9.17, 15) is 0 Å². The van der Waals surface area contributed by atoms with Gasteiger partial charge in [0.25, 0.3) is 0 Å². The second-order valence-corrected chi connectivity index (χ2v) is 4.06. The maximum atomic E-state index is 5.32. The predicted molar refractivity (Wildman–Crippen MR) is 63.5 cm³/mol. The first-order chi connectivity index (χ1) is 7.25. The van der Waals surface area contributed by atoms with E-state index in [2.05, 4.69) is 20.5 Å². The molecule has 2 aromatic rings. The van der Waals surface area contributed by atoms with Gasteiger partial charge in [0.15, 0.2) is 10.1 Å². The minimum Gasteiger partial charge on any atom is -0.376 e. The highest BCUT2D eigenvalue weighted by Crippen LogP contribution is 2.24. The van der Waals surface area contributed by atoms with E-state index in [-0.39, 0.29) is 5.11 Å². The zero-order valence-corrected chi connectivity index (χ0v) is 9.18. The van der Waals surface area contributed by atoms with E-state index in [4.69, 9.17) is 18.0 Å². The van der Waals surface area contributed by atoms with Gasteiger partial charge in [-0.05, 0) is 24.4 Å². The van der Waals surface area contributed by atoms with Gasteiger partial charge in [-0.15, -0.1) is 10.2 Å². The molecule has 0 aliphatic rings. The van der Waals surface area contributed by atoms with Crippen LogP contribution in [0.15, 0.2) is 24.5 Å². The lowest BCUT2D eigenvalue weighted by Gasteiger charge is -1.94.